The van der Waals surface area contributed by atoms with Gasteiger partial charge in [0.05, 0.1) is 5.56 Å². The highest BCUT2D eigenvalue weighted by molar-refractivity contribution is 5.24. The number of nitrogens with one attached hydrogen (secondary N) is 1. The smallest absolute Gasteiger partial charge is 0.311 e. The van der Waals surface area contributed by atoms with Crippen molar-refractivity contribution in [2.45, 2.75) is 31.2 Å². The molecule has 1 aromatic carbocycles. The van der Waals surface area contributed by atoms with Crippen molar-refractivity contribution in [3.05, 3.63) is 35.4 Å². The molecule has 0 unspecified atom stereocenters. The summed E-state index contributed by atoms with van der Waals surface area (Å²) < 4.78 is 37.3. The van der Waals surface area contributed by atoms with Gasteiger partial charge in [0.2, 0.25) is 0 Å². The maximum absolute atomic E-state index is 12.4. The summed E-state index contributed by atoms with van der Waals surface area (Å²) in [5.41, 5.74) is 0.381. The van der Waals surface area contributed by atoms with Crippen molar-refractivity contribution < 1.29 is 13.2 Å². The molecule has 1 N–H and O–H groups in total. The van der Waals surface area contributed by atoms with Gasteiger partial charge in [-0.25, -0.2) is 0 Å². The molecule has 1 aromatic rings. The van der Waals surface area contributed by atoms with Crippen LogP contribution in [-0.2, 0) is 12.7 Å². The molecule has 2 bridgehead atoms. The Morgan fingerprint density at radius 1 is 1.22 bits per heavy atom. The molecule has 98 valence electrons. The molecule has 0 radical (unpaired) electrons. The normalized spacial score (nSPS) is 27.9. The monoisotopic (exact) mass is 256 g/mol. The Morgan fingerprint density at radius 2 is 1.94 bits per heavy atom. The highest BCUT2D eigenvalue weighted by Crippen LogP contribution is 2.30. The molecule has 0 aromatic heterocycles. The number of alkyl halides is 3. The zero-order chi connectivity index (χ0) is 12.8. The van der Waals surface area contributed by atoms with Crippen molar-refractivity contribution in [3.63, 3.8) is 0 Å². The van der Waals surface area contributed by atoms with Gasteiger partial charge in [-0.1, -0.05) is 12.1 Å². The van der Waals surface area contributed by atoms with Crippen LogP contribution in [0.1, 0.15) is 17.5 Å². The third-order valence-electron chi connectivity index (χ3n) is 3.84. The van der Waals surface area contributed by atoms with E-state index in [4.69, 9.17) is 0 Å². The number of fused-ring (bicyclic) bond motifs is 2. The van der Waals surface area contributed by atoms with E-state index in [2.05, 4.69) is 10.2 Å². The minimum atomic E-state index is -4.24. The van der Waals surface area contributed by atoms with Crippen LogP contribution < -0.4 is 5.32 Å². The van der Waals surface area contributed by atoms with Crippen molar-refractivity contribution in [1.82, 2.24) is 10.2 Å². The Bertz CT molecular complexity index is 427. The minimum absolute atomic E-state index is 0.553. The zero-order valence-corrected chi connectivity index (χ0v) is 9.87. The van der Waals surface area contributed by atoms with Crippen LogP contribution in [0.4, 0.5) is 13.2 Å². The summed E-state index contributed by atoms with van der Waals surface area (Å²) in [6.07, 6.45) is -3.07. The summed E-state index contributed by atoms with van der Waals surface area (Å²) in [6.45, 7) is 2.76. The van der Waals surface area contributed by atoms with Gasteiger partial charge in [0.1, 0.15) is 0 Å². The standard InChI is InChI=1S/C13H15F3N2/c14-13(15,16)10-3-1-9(2-4-10)7-18-8-11-5-12(18)6-17-11/h1-4,11-12,17H,5-8H2/t11-,12-/m0/s1. The molecule has 0 amide bonds. The van der Waals surface area contributed by atoms with E-state index in [0.29, 0.717) is 12.1 Å². The van der Waals surface area contributed by atoms with Gasteiger partial charge in [-0.3, -0.25) is 4.90 Å². The Morgan fingerprint density at radius 3 is 2.44 bits per heavy atom. The second kappa shape index (κ2) is 4.24. The second-order valence-corrected chi connectivity index (χ2v) is 5.12. The molecule has 2 saturated heterocycles. The van der Waals surface area contributed by atoms with E-state index in [1.54, 1.807) is 12.1 Å². The summed E-state index contributed by atoms with van der Waals surface area (Å²) in [5, 5.41) is 3.41. The van der Waals surface area contributed by atoms with E-state index in [9.17, 15) is 13.2 Å². The molecule has 0 spiro atoms. The van der Waals surface area contributed by atoms with Gasteiger partial charge >= 0.3 is 6.18 Å². The number of hydrogen-bond donors (Lipinski definition) is 1. The number of likely N-dealkylation sites (tertiary alicyclic amines) is 1. The molecule has 2 heterocycles. The average molecular weight is 256 g/mol. The molecule has 18 heavy (non-hydrogen) atoms. The van der Waals surface area contributed by atoms with E-state index in [0.717, 1.165) is 25.2 Å². The molecule has 2 aliphatic rings. The van der Waals surface area contributed by atoms with E-state index < -0.39 is 11.7 Å². The largest absolute Gasteiger partial charge is 0.416 e. The van der Waals surface area contributed by atoms with Crippen molar-refractivity contribution in [3.8, 4) is 0 Å². The van der Waals surface area contributed by atoms with Gasteiger partial charge in [0.15, 0.2) is 0 Å². The lowest BCUT2D eigenvalue weighted by Crippen LogP contribution is -2.42. The number of nitrogens with zero attached hydrogens (tertiary/aromatic N) is 1. The number of halogens is 3. The summed E-state index contributed by atoms with van der Waals surface area (Å²) in [5.74, 6) is 0. The van der Waals surface area contributed by atoms with E-state index in [1.165, 1.54) is 18.6 Å². The Kier molecular flexibility index (Phi) is 2.83. The molecular weight excluding hydrogens is 241 g/mol. The van der Waals surface area contributed by atoms with Crippen LogP contribution in [0, 0.1) is 0 Å². The Balaban J connectivity index is 1.67. The summed E-state index contributed by atoms with van der Waals surface area (Å²) >= 11 is 0. The highest BCUT2D eigenvalue weighted by atomic mass is 19.4. The Labute approximate surface area is 104 Å². The van der Waals surface area contributed by atoms with Crippen molar-refractivity contribution in [2.24, 2.45) is 0 Å². The third-order valence-corrected chi connectivity index (χ3v) is 3.84. The summed E-state index contributed by atoms with van der Waals surface area (Å²) in [4.78, 5) is 2.35. The topological polar surface area (TPSA) is 15.3 Å². The van der Waals surface area contributed by atoms with Gasteiger partial charge in [-0.15, -0.1) is 0 Å². The summed E-state index contributed by atoms with van der Waals surface area (Å²) in [6, 6.07) is 6.63. The summed E-state index contributed by atoms with van der Waals surface area (Å²) in [7, 11) is 0. The van der Waals surface area contributed by atoms with E-state index in [-0.39, 0.29) is 0 Å². The first kappa shape index (κ1) is 12.0. The minimum Gasteiger partial charge on any atom is -0.311 e. The fraction of sp³-hybridized carbons (Fsp3) is 0.538. The first-order valence-corrected chi connectivity index (χ1v) is 6.16. The fourth-order valence-corrected chi connectivity index (χ4v) is 2.87. The van der Waals surface area contributed by atoms with Crippen LogP contribution in [0.25, 0.3) is 0 Å². The molecule has 2 atom stereocenters. The lowest BCUT2D eigenvalue weighted by atomic mass is 10.1. The second-order valence-electron chi connectivity index (χ2n) is 5.12. The predicted octanol–water partition coefficient (Wildman–Crippen LogP) is 2.25. The lowest BCUT2D eigenvalue weighted by molar-refractivity contribution is -0.137. The molecule has 5 heteroatoms. The van der Waals surface area contributed by atoms with Gasteiger partial charge in [-0.05, 0) is 24.1 Å². The number of piperazine rings is 1. The molecular formula is C13H15F3N2. The number of rotatable bonds is 2. The van der Waals surface area contributed by atoms with E-state index >= 15 is 0 Å². The van der Waals surface area contributed by atoms with Crippen molar-refractivity contribution in [1.29, 1.82) is 0 Å². The van der Waals surface area contributed by atoms with Gasteiger partial charge < -0.3 is 5.32 Å². The van der Waals surface area contributed by atoms with Crippen molar-refractivity contribution >= 4 is 0 Å². The maximum atomic E-state index is 12.4. The molecule has 3 rings (SSSR count). The first-order chi connectivity index (χ1) is 8.52. The molecule has 2 nitrogen and oxygen atoms in total. The van der Waals surface area contributed by atoms with Crippen LogP contribution in [0.2, 0.25) is 0 Å². The molecule has 0 aliphatic carbocycles. The van der Waals surface area contributed by atoms with Crippen LogP contribution in [-0.4, -0.2) is 30.1 Å². The lowest BCUT2D eigenvalue weighted by Gasteiger charge is -2.27. The zero-order valence-electron chi connectivity index (χ0n) is 9.87. The van der Waals surface area contributed by atoms with Crippen molar-refractivity contribution in [2.75, 3.05) is 13.1 Å². The average Bonchev–Trinajstić information content (AvgIpc) is 2.90. The molecule has 0 saturated carbocycles. The van der Waals surface area contributed by atoms with Crippen LogP contribution >= 0.6 is 0 Å². The SMILES string of the molecule is FC(F)(F)c1ccc(CN2C[C@@H]3C[C@H]2CN3)cc1. The van der Waals surface area contributed by atoms with Gasteiger partial charge in [0.25, 0.3) is 0 Å². The molecule has 2 fully saturated rings. The first-order valence-electron chi connectivity index (χ1n) is 6.16. The van der Waals surface area contributed by atoms with Crippen LogP contribution in [0.15, 0.2) is 24.3 Å². The number of benzene rings is 1. The Hall–Kier alpha value is -1.07. The number of hydrogen-bond acceptors (Lipinski definition) is 2. The quantitative estimate of drug-likeness (QED) is 0.873. The molecule has 2 aliphatic heterocycles. The van der Waals surface area contributed by atoms with Crippen LogP contribution in [0.3, 0.4) is 0 Å². The van der Waals surface area contributed by atoms with Gasteiger partial charge in [-0.2, -0.15) is 13.2 Å². The van der Waals surface area contributed by atoms with Crippen LogP contribution in [0.5, 0.6) is 0 Å². The predicted molar refractivity (Wildman–Crippen MR) is 62.0 cm³/mol. The highest BCUT2D eigenvalue weighted by Gasteiger charge is 2.37. The fourth-order valence-electron chi connectivity index (χ4n) is 2.87. The van der Waals surface area contributed by atoms with Gasteiger partial charge in [0, 0.05) is 31.7 Å². The maximum Gasteiger partial charge on any atom is 0.416 e. The third kappa shape index (κ3) is 2.24. The van der Waals surface area contributed by atoms with E-state index in [1.807, 2.05) is 0 Å².